The molecule has 1 N–H and O–H groups in total. The summed E-state index contributed by atoms with van der Waals surface area (Å²) >= 11 is 0. The number of nitrogens with zero attached hydrogens (tertiary/aromatic N) is 3. The van der Waals surface area contributed by atoms with E-state index in [2.05, 4.69) is 4.98 Å². The van der Waals surface area contributed by atoms with Crippen molar-refractivity contribution in [3.05, 3.63) is 59.9 Å². The zero-order valence-corrected chi connectivity index (χ0v) is 15.6. The van der Waals surface area contributed by atoms with E-state index in [9.17, 15) is 17.6 Å². The largest absolute Gasteiger partial charge is 0.468 e. The van der Waals surface area contributed by atoms with E-state index in [0.717, 1.165) is 23.6 Å². The summed E-state index contributed by atoms with van der Waals surface area (Å²) in [5.74, 6) is -2.07. The van der Waals surface area contributed by atoms with Gasteiger partial charge in [-0.2, -0.15) is 4.39 Å². The van der Waals surface area contributed by atoms with Crippen LogP contribution in [0.2, 0.25) is 0 Å². The predicted molar refractivity (Wildman–Crippen MR) is 93.1 cm³/mol. The van der Waals surface area contributed by atoms with Crippen molar-refractivity contribution in [3.63, 3.8) is 0 Å². The second kappa shape index (κ2) is 7.08. The fraction of sp³-hybridized carbons (Fsp3) is 0.176. The first-order valence-electron chi connectivity index (χ1n) is 7.89. The Hall–Kier alpha value is -3.21. The Labute approximate surface area is 158 Å². The Bertz CT molecular complexity index is 1150. The summed E-state index contributed by atoms with van der Waals surface area (Å²) in [6, 6.07) is 3.70. The summed E-state index contributed by atoms with van der Waals surface area (Å²) in [6.07, 6.45) is 1.89. The van der Waals surface area contributed by atoms with Crippen LogP contribution >= 0.6 is 0 Å². The first-order chi connectivity index (χ1) is 13.1. The first-order valence-corrected chi connectivity index (χ1v) is 9.33. The van der Waals surface area contributed by atoms with E-state index in [0.29, 0.717) is 3.97 Å². The first kappa shape index (κ1) is 19.5. The van der Waals surface area contributed by atoms with Gasteiger partial charge in [0.25, 0.3) is 10.0 Å². The van der Waals surface area contributed by atoms with Crippen LogP contribution in [0.3, 0.4) is 0 Å². The van der Waals surface area contributed by atoms with Gasteiger partial charge in [0.1, 0.15) is 16.3 Å². The lowest BCUT2D eigenvalue weighted by molar-refractivity contribution is 0.153. The molecule has 0 aliphatic rings. The average Bonchev–Trinajstić information content (AvgIpc) is 3.20. The van der Waals surface area contributed by atoms with E-state index in [1.807, 2.05) is 0 Å². The van der Waals surface area contributed by atoms with Crippen molar-refractivity contribution < 1.29 is 31.5 Å². The molecule has 0 saturated heterocycles. The third-order valence-corrected chi connectivity index (χ3v) is 5.86. The summed E-state index contributed by atoms with van der Waals surface area (Å²) in [5.41, 5.74) is -1.21. The van der Waals surface area contributed by atoms with E-state index < -0.39 is 40.1 Å². The molecule has 1 amide bonds. The van der Waals surface area contributed by atoms with Gasteiger partial charge in [-0.15, -0.1) is 0 Å². The normalized spacial score (nSPS) is 11.6. The minimum atomic E-state index is -4.36. The molecular weight excluding hydrogens is 396 g/mol. The van der Waals surface area contributed by atoms with Crippen LogP contribution in [0.15, 0.2) is 46.2 Å². The number of aromatic nitrogens is 2. The fourth-order valence-electron chi connectivity index (χ4n) is 2.68. The molecule has 28 heavy (non-hydrogen) atoms. The number of pyridine rings is 1. The van der Waals surface area contributed by atoms with Gasteiger partial charge in [0.05, 0.1) is 18.4 Å². The van der Waals surface area contributed by atoms with Crippen LogP contribution in [-0.4, -0.2) is 40.5 Å². The van der Waals surface area contributed by atoms with Gasteiger partial charge in [-0.1, -0.05) is 0 Å². The van der Waals surface area contributed by atoms with Crippen LogP contribution in [0.4, 0.5) is 13.6 Å². The number of aryl methyl sites for hydroxylation is 1. The fourth-order valence-corrected chi connectivity index (χ4v) is 4.22. The summed E-state index contributed by atoms with van der Waals surface area (Å²) < 4.78 is 61.1. The van der Waals surface area contributed by atoms with Gasteiger partial charge >= 0.3 is 6.09 Å². The lowest BCUT2D eigenvalue weighted by Gasteiger charge is -2.11. The Morgan fingerprint density at radius 1 is 1.36 bits per heavy atom. The molecule has 0 saturated carbocycles. The zero-order chi connectivity index (χ0) is 20.6. The molecule has 3 aromatic rings. The van der Waals surface area contributed by atoms with E-state index >= 15 is 4.39 Å². The van der Waals surface area contributed by atoms with Crippen molar-refractivity contribution >= 4 is 16.1 Å². The summed E-state index contributed by atoms with van der Waals surface area (Å²) in [4.78, 5) is 15.0. The predicted octanol–water partition coefficient (Wildman–Crippen LogP) is 3.08. The molecule has 11 heteroatoms. The molecule has 0 aromatic carbocycles. The maximum atomic E-state index is 15.1. The monoisotopic (exact) mass is 411 g/mol. The molecule has 0 unspecified atom stereocenters. The number of carbonyl (C=O) groups is 1. The number of carboxylic acid groups (broad SMARTS) is 1. The number of hydrogen-bond donors (Lipinski definition) is 1. The molecule has 0 atom stereocenters. The van der Waals surface area contributed by atoms with E-state index in [1.165, 1.54) is 32.2 Å². The topological polar surface area (TPSA) is 106 Å². The van der Waals surface area contributed by atoms with E-state index in [1.54, 1.807) is 0 Å². The van der Waals surface area contributed by atoms with Crippen LogP contribution < -0.4 is 0 Å². The molecule has 0 radical (unpaired) electrons. The third kappa shape index (κ3) is 3.24. The van der Waals surface area contributed by atoms with Crippen molar-refractivity contribution in [3.8, 4) is 11.3 Å². The highest BCUT2D eigenvalue weighted by molar-refractivity contribution is 7.90. The highest BCUT2D eigenvalue weighted by atomic mass is 32.2. The molecule has 0 fully saturated rings. The van der Waals surface area contributed by atoms with Crippen LogP contribution in [0, 0.1) is 18.7 Å². The maximum Gasteiger partial charge on any atom is 0.407 e. The number of furan rings is 1. The summed E-state index contributed by atoms with van der Waals surface area (Å²) in [7, 11) is -3.16. The molecule has 0 aliphatic heterocycles. The smallest absolute Gasteiger partial charge is 0.407 e. The van der Waals surface area contributed by atoms with E-state index in [-0.39, 0.29) is 21.8 Å². The van der Waals surface area contributed by atoms with Crippen molar-refractivity contribution in [2.24, 2.45) is 0 Å². The standard InChI is InChI=1S/C17H15F2N3O5S/c1-10-13(5-7-27-10)28(25,26)22-9-11(8-21(2)17(23)24)14(18)15(22)12-4-3-6-20-16(12)19/h3-7,9H,8H2,1-2H3,(H,23,24). The van der Waals surface area contributed by atoms with Gasteiger partial charge in [-0.25, -0.2) is 26.6 Å². The zero-order valence-electron chi connectivity index (χ0n) is 14.8. The van der Waals surface area contributed by atoms with Crippen LogP contribution in [-0.2, 0) is 16.6 Å². The highest BCUT2D eigenvalue weighted by Crippen LogP contribution is 2.33. The quantitative estimate of drug-likeness (QED) is 0.647. The number of rotatable bonds is 5. The number of amides is 1. The van der Waals surface area contributed by atoms with Crippen molar-refractivity contribution in [2.45, 2.75) is 18.4 Å². The molecule has 0 aliphatic carbocycles. The van der Waals surface area contributed by atoms with Gasteiger partial charge < -0.3 is 14.4 Å². The van der Waals surface area contributed by atoms with Gasteiger partial charge in [0.15, 0.2) is 5.82 Å². The molecule has 148 valence electrons. The molecule has 3 rings (SSSR count). The SMILES string of the molecule is Cc1occc1S(=O)(=O)n1cc(CN(C)C(=O)O)c(F)c1-c1cccnc1F. The lowest BCUT2D eigenvalue weighted by atomic mass is 10.2. The Balaban J connectivity index is 2.28. The Kier molecular flexibility index (Phi) is 4.94. The van der Waals surface area contributed by atoms with Gasteiger partial charge in [-0.05, 0) is 25.1 Å². The van der Waals surface area contributed by atoms with Crippen LogP contribution in [0.1, 0.15) is 11.3 Å². The lowest BCUT2D eigenvalue weighted by Crippen LogP contribution is -2.24. The second-order valence-electron chi connectivity index (χ2n) is 5.94. The van der Waals surface area contributed by atoms with E-state index in [4.69, 9.17) is 9.52 Å². The van der Waals surface area contributed by atoms with Gasteiger partial charge in [0, 0.05) is 25.0 Å². The van der Waals surface area contributed by atoms with Crippen LogP contribution in [0.5, 0.6) is 0 Å². The van der Waals surface area contributed by atoms with Crippen molar-refractivity contribution in [1.29, 1.82) is 0 Å². The maximum absolute atomic E-state index is 15.1. The number of hydrogen-bond acceptors (Lipinski definition) is 5. The van der Waals surface area contributed by atoms with Crippen molar-refractivity contribution in [1.82, 2.24) is 13.9 Å². The Morgan fingerprint density at radius 2 is 2.07 bits per heavy atom. The molecule has 0 spiro atoms. The summed E-state index contributed by atoms with van der Waals surface area (Å²) in [6.45, 7) is 0.971. The minimum absolute atomic E-state index is 0.0657. The molecular formula is C17H15F2N3O5S. The third-order valence-electron chi connectivity index (χ3n) is 4.08. The van der Waals surface area contributed by atoms with Crippen molar-refractivity contribution in [2.75, 3.05) is 7.05 Å². The molecule has 0 bridgehead atoms. The molecule has 8 nitrogen and oxygen atoms in total. The van der Waals surface area contributed by atoms with Crippen LogP contribution in [0.25, 0.3) is 11.3 Å². The van der Waals surface area contributed by atoms with Gasteiger partial charge in [0.2, 0.25) is 5.95 Å². The highest BCUT2D eigenvalue weighted by Gasteiger charge is 2.30. The van der Waals surface area contributed by atoms with Gasteiger partial charge in [-0.3, -0.25) is 0 Å². The minimum Gasteiger partial charge on any atom is -0.468 e. The Morgan fingerprint density at radius 3 is 2.64 bits per heavy atom. The second-order valence-corrected chi connectivity index (χ2v) is 7.72. The summed E-state index contributed by atoms with van der Waals surface area (Å²) in [5, 5.41) is 9.01. The number of halogens is 2. The molecule has 3 heterocycles. The average molecular weight is 411 g/mol. The molecule has 3 aromatic heterocycles.